The number of thiocarbonyl (C=S) groups is 1. The maximum atomic E-state index is 11.8. The number of amides is 1. The molecule has 3 rings (SSSR count). The van der Waals surface area contributed by atoms with Gasteiger partial charge in [-0.15, -0.1) is 0 Å². The van der Waals surface area contributed by atoms with Crippen LogP contribution < -0.4 is 20.1 Å². The van der Waals surface area contributed by atoms with Gasteiger partial charge < -0.3 is 20.1 Å². The van der Waals surface area contributed by atoms with Crippen molar-refractivity contribution >= 4 is 23.2 Å². The predicted octanol–water partition coefficient (Wildman–Crippen LogP) is 1.11. The van der Waals surface area contributed by atoms with Gasteiger partial charge in [-0.3, -0.25) is 4.79 Å². The van der Waals surface area contributed by atoms with Crippen molar-refractivity contribution in [1.29, 1.82) is 0 Å². The van der Waals surface area contributed by atoms with E-state index in [4.69, 9.17) is 21.7 Å². The molecule has 6 heteroatoms. The van der Waals surface area contributed by atoms with E-state index in [1.165, 1.54) is 0 Å². The largest absolute Gasteiger partial charge is 0.454 e. The first-order valence-corrected chi connectivity index (χ1v) is 6.50. The van der Waals surface area contributed by atoms with Crippen molar-refractivity contribution in [2.45, 2.75) is 25.3 Å². The first kappa shape index (κ1) is 12.2. The van der Waals surface area contributed by atoms with Gasteiger partial charge >= 0.3 is 0 Å². The Morgan fingerprint density at radius 1 is 1.37 bits per heavy atom. The molecule has 1 aromatic carbocycles. The van der Waals surface area contributed by atoms with Gasteiger partial charge in [-0.25, -0.2) is 0 Å². The summed E-state index contributed by atoms with van der Waals surface area (Å²) in [6.07, 6.45) is 1.43. The number of hydrogen-bond donors (Lipinski definition) is 2. The summed E-state index contributed by atoms with van der Waals surface area (Å²) in [6.45, 7) is 2.13. The number of hydrogen-bond acceptors (Lipinski definition) is 4. The highest BCUT2D eigenvalue weighted by atomic mass is 32.1. The average molecular weight is 278 g/mol. The van der Waals surface area contributed by atoms with E-state index in [0.29, 0.717) is 11.5 Å². The molecule has 2 heterocycles. The third-order valence-corrected chi connectivity index (χ3v) is 3.67. The number of ether oxygens (including phenoxy) is 2. The molecule has 2 aliphatic heterocycles. The second kappa shape index (κ2) is 4.38. The van der Waals surface area contributed by atoms with Crippen LogP contribution in [0.5, 0.6) is 11.5 Å². The second-order valence-electron chi connectivity index (χ2n) is 4.93. The van der Waals surface area contributed by atoms with E-state index < -0.39 is 5.54 Å². The van der Waals surface area contributed by atoms with Crippen molar-refractivity contribution in [3.8, 4) is 11.5 Å². The molecule has 1 amide bonds. The average Bonchev–Trinajstić information content (AvgIpc) is 2.92. The summed E-state index contributed by atoms with van der Waals surface area (Å²) in [5.74, 6) is 1.47. The Labute approximate surface area is 116 Å². The van der Waals surface area contributed by atoms with Crippen molar-refractivity contribution in [2.24, 2.45) is 0 Å². The molecule has 1 fully saturated rings. The van der Waals surface area contributed by atoms with Gasteiger partial charge in [0, 0.05) is 0 Å². The molecule has 1 aromatic rings. The molecule has 0 aromatic heterocycles. The van der Waals surface area contributed by atoms with Gasteiger partial charge in [0.25, 0.3) is 5.91 Å². The monoisotopic (exact) mass is 278 g/mol. The molecule has 0 saturated carbocycles. The van der Waals surface area contributed by atoms with E-state index in [2.05, 4.69) is 10.6 Å². The minimum absolute atomic E-state index is 0.0711. The molecule has 19 heavy (non-hydrogen) atoms. The van der Waals surface area contributed by atoms with Gasteiger partial charge in [0.05, 0.1) is 0 Å². The molecule has 0 bridgehead atoms. The molecule has 1 saturated heterocycles. The van der Waals surface area contributed by atoms with Gasteiger partial charge in [-0.1, -0.05) is 6.07 Å². The summed E-state index contributed by atoms with van der Waals surface area (Å²) in [6, 6.07) is 5.84. The second-order valence-corrected chi connectivity index (χ2v) is 5.34. The third-order valence-electron chi connectivity index (χ3n) is 3.47. The van der Waals surface area contributed by atoms with Gasteiger partial charge in [0.15, 0.2) is 16.6 Å². The van der Waals surface area contributed by atoms with Crippen LogP contribution in [0.15, 0.2) is 18.2 Å². The Hall–Kier alpha value is -1.82. The summed E-state index contributed by atoms with van der Waals surface area (Å²) < 4.78 is 10.6. The summed E-state index contributed by atoms with van der Waals surface area (Å²) in [5.41, 5.74) is 0.478. The first-order valence-electron chi connectivity index (χ1n) is 6.09. The van der Waals surface area contributed by atoms with Crippen LogP contribution in [0.3, 0.4) is 0 Å². The van der Waals surface area contributed by atoms with Gasteiger partial charge in [0.2, 0.25) is 6.79 Å². The minimum Gasteiger partial charge on any atom is -0.454 e. The summed E-state index contributed by atoms with van der Waals surface area (Å²) in [5, 5.41) is 6.04. The number of fused-ring (bicyclic) bond motifs is 1. The Kier molecular flexibility index (Phi) is 2.82. The fraction of sp³-hybridized carbons (Fsp3) is 0.385. The summed E-state index contributed by atoms with van der Waals surface area (Å²) in [7, 11) is 0. The van der Waals surface area contributed by atoms with Crippen LogP contribution in [-0.4, -0.2) is 23.4 Å². The standard InChI is InChI=1S/C13H14N2O3S/c1-13(11(16)14-12(19)15-13)5-4-8-2-3-9-10(6-8)18-7-17-9/h2-3,6H,4-5,7H2,1H3,(H2,14,15,16,19). The van der Waals surface area contributed by atoms with Crippen LogP contribution in [0.1, 0.15) is 18.9 Å². The molecule has 0 radical (unpaired) electrons. The SMILES string of the molecule is CC1(CCc2ccc3c(c2)OCO3)NC(=S)NC1=O. The molecule has 2 aliphatic rings. The lowest BCUT2D eigenvalue weighted by molar-refractivity contribution is -0.123. The smallest absolute Gasteiger partial charge is 0.251 e. The molecule has 2 N–H and O–H groups in total. The summed E-state index contributed by atoms with van der Waals surface area (Å²) in [4.78, 5) is 11.8. The normalized spacial score (nSPS) is 24.3. The lowest BCUT2D eigenvalue weighted by Crippen LogP contribution is -2.43. The van der Waals surface area contributed by atoms with E-state index in [1.807, 2.05) is 25.1 Å². The van der Waals surface area contributed by atoms with Crippen molar-refractivity contribution in [1.82, 2.24) is 10.6 Å². The number of nitrogens with one attached hydrogen (secondary N) is 2. The molecule has 1 unspecified atom stereocenters. The first-order chi connectivity index (χ1) is 9.07. The molecule has 5 nitrogen and oxygen atoms in total. The van der Waals surface area contributed by atoms with E-state index in [9.17, 15) is 4.79 Å². The van der Waals surface area contributed by atoms with Crippen molar-refractivity contribution in [2.75, 3.05) is 6.79 Å². The van der Waals surface area contributed by atoms with Gasteiger partial charge in [-0.2, -0.15) is 0 Å². The molecule has 0 spiro atoms. The fourth-order valence-electron chi connectivity index (χ4n) is 2.25. The summed E-state index contributed by atoms with van der Waals surface area (Å²) >= 11 is 4.96. The van der Waals surface area contributed by atoms with Crippen LogP contribution in [0, 0.1) is 0 Å². The number of carbonyl (C=O) groups is 1. The quantitative estimate of drug-likeness (QED) is 0.811. The fourth-order valence-corrected chi connectivity index (χ4v) is 2.56. The van der Waals surface area contributed by atoms with E-state index in [-0.39, 0.29) is 12.7 Å². The van der Waals surface area contributed by atoms with Crippen LogP contribution in [0.2, 0.25) is 0 Å². The zero-order chi connectivity index (χ0) is 13.5. The van der Waals surface area contributed by atoms with Crippen LogP contribution >= 0.6 is 12.2 Å². The maximum absolute atomic E-state index is 11.8. The number of aryl methyl sites for hydroxylation is 1. The zero-order valence-corrected chi connectivity index (χ0v) is 11.3. The number of rotatable bonds is 3. The maximum Gasteiger partial charge on any atom is 0.251 e. The third kappa shape index (κ3) is 2.23. The number of benzene rings is 1. The molecular formula is C13H14N2O3S. The molecule has 100 valence electrons. The highest BCUT2D eigenvalue weighted by molar-refractivity contribution is 7.80. The van der Waals surface area contributed by atoms with Crippen molar-refractivity contribution in [3.63, 3.8) is 0 Å². The molecular weight excluding hydrogens is 264 g/mol. The topological polar surface area (TPSA) is 59.6 Å². The highest BCUT2D eigenvalue weighted by Gasteiger charge is 2.39. The minimum atomic E-state index is -0.631. The van der Waals surface area contributed by atoms with E-state index >= 15 is 0 Å². The Morgan fingerprint density at radius 3 is 2.89 bits per heavy atom. The van der Waals surface area contributed by atoms with E-state index in [0.717, 1.165) is 23.5 Å². The highest BCUT2D eigenvalue weighted by Crippen LogP contribution is 2.33. The predicted molar refractivity (Wildman–Crippen MR) is 73.2 cm³/mol. The number of carbonyl (C=O) groups excluding carboxylic acids is 1. The Balaban J connectivity index is 1.69. The van der Waals surface area contributed by atoms with E-state index in [1.54, 1.807) is 0 Å². The van der Waals surface area contributed by atoms with Gasteiger partial charge in [-0.05, 0) is 49.7 Å². The molecule has 0 aliphatic carbocycles. The zero-order valence-electron chi connectivity index (χ0n) is 10.5. The van der Waals surface area contributed by atoms with Crippen molar-refractivity contribution < 1.29 is 14.3 Å². The van der Waals surface area contributed by atoms with Gasteiger partial charge in [0.1, 0.15) is 5.54 Å². The lowest BCUT2D eigenvalue weighted by atomic mass is 9.93. The van der Waals surface area contributed by atoms with Crippen LogP contribution in [0.4, 0.5) is 0 Å². The van der Waals surface area contributed by atoms with Crippen LogP contribution in [-0.2, 0) is 11.2 Å². The lowest BCUT2D eigenvalue weighted by Gasteiger charge is -2.20. The van der Waals surface area contributed by atoms with Crippen LogP contribution in [0.25, 0.3) is 0 Å². The Morgan fingerprint density at radius 2 is 2.16 bits per heavy atom. The Bertz CT molecular complexity index is 561. The molecule has 1 atom stereocenters. The van der Waals surface area contributed by atoms with Crippen molar-refractivity contribution in [3.05, 3.63) is 23.8 Å².